The average molecular weight is 276 g/mol. The van der Waals surface area contributed by atoms with Crippen molar-refractivity contribution in [2.45, 2.75) is 13.8 Å². The molecule has 2 rings (SSSR count). The first kappa shape index (κ1) is 14.0. The summed E-state index contributed by atoms with van der Waals surface area (Å²) in [6, 6.07) is 4.69. The molecule has 1 aromatic heterocycles. The summed E-state index contributed by atoms with van der Waals surface area (Å²) >= 11 is 0. The van der Waals surface area contributed by atoms with Crippen molar-refractivity contribution >= 4 is 17.3 Å². The number of aromatic nitrogens is 2. The third-order valence-corrected chi connectivity index (χ3v) is 2.50. The van der Waals surface area contributed by atoms with Crippen LogP contribution in [0.3, 0.4) is 0 Å². The number of anilines is 3. The smallest absolute Gasteiger partial charge is 0.167 e. The van der Waals surface area contributed by atoms with E-state index < -0.39 is 5.82 Å². The average Bonchev–Trinajstić information content (AvgIpc) is 2.43. The van der Waals surface area contributed by atoms with Gasteiger partial charge in [-0.3, -0.25) is 4.98 Å². The van der Waals surface area contributed by atoms with Gasteiger partial charge in [0.25, 0.3) is 0 Å². The molecule has 2 N–H and O–H groups in total. The molecule has 1 aromatic carbocycles. The van der Waals surface area contributed by atoms with E-state index >= 15 is 0 Å². The number of halogens is 1. The highest BCUT2D eigenvalue weighted by Gasteiger charge is 2.05. The largest absolute Gasteiger partial charge is 0.491 e. The number of benzene rings is 1. The lowest BCUT2D eigenvalue weighted by atomic mass is 10.3. The van der Waals surface area contributed by atoms with E-state index in [1.807, 2.05) is 13.8 Å². The molecule has 0 bridgehead atoms. The summed E-state index contributed by atoms with van der Waals surface area (Å²) in [5.74, 6) is 1.05. The van der Waals surface area contributed by atoms with Crippen molar-refractivity contribution in [3.63, 3.8) is 0 Å². The van der Waals surface area contributed by atoms with Crippen LogP contribution < -0.4 is 15.4 Å². The van der Waals surface area contributed by atoms with E-state index in [0.717, 1.165) is 6.54 Å². The maximum atomic E-state index is 13.7. The summed E-state index contributed by atoms with van der Waals surface area (Å²) in [6.45, 7) is 4.98. The van der Waals surface area contributed by atoms with Gasteiger partial charge in [-0.2, -0.15) is 0 Å². The minimum Gasteiger partial charge on any atom is -0.491 e. The number of nitrogens with zero attached hydrogens (tertiary/aromatic N) is 2. The molecule has 2 aromatic rings. The molecule has 0 fully saturated rings. The monoisotopic (exact) mass is 276 g/mol. The number of nitrogens with one attached hydrogen (secondary N) is 2. The minimum atomic E-state index is -0.410. The zero-order valence-electron chi connectivity index (χ0n) is 11.5. The Balaban J connectivity index is 2.13. The van der Waals surface area contributed by atoms with E-state index in [1.54, 1.807) is 24.5 Å². The number of hydrogen-bond donors (Lipinski definition) is 2. The molecule has 6 heteroatoms. The first-order valence-corrected chi connectivity index (χ1v) is 6.48. The summed E-state index contributed by atoms with van der Waals surface area (Å²) < 4.78 is 18.9. The summed E-state index contributed by atoms with van der Waals surface area (Å²) in [5.41, 5.74) is 0.592. The molecule has 1 heterocycles. The van der Waals surface area contributed by atoms with Gasteiger partial charge >= 0.3 is 0 Å². The highest BCUT2D eigenvalue weighted by Crippen LogP contribution is 2.23. The van der Waals surface area contributed by atoms with E-state index in [2.05, 4.69) is 20.6 Å². The predicted molar refractivity (Wildman–Crippen MR) is 77.0 cm³/mol. The van der Waals surface area contributed by atoms with Crippen LogP contribution in [-0.4, -0.2) is 23.1 Å². The van der Waals surface area contributed by atoms with E-state index in [1.165, 1.54) is 6.07 Å². The third-order valence-electron chi connectivity index (χ3n) is 2.50. The first-order chi connectivity index (χ1) is 9.72. The van der Waals surface area contributed by atoms with Crippen LogP contribution >= 0.6 is 0 Å². The summed E-state index contributed by atoms with van der Waals surface area (Å²) in [4.78, 5) is 8.37. The fourth-order valence-corrected chi connectivity index (χ4v) is 1.69. The second kappa shape index (κ2) is 6.70. The van der Waals surface area contributed by atoms with Gasteiger partial charge in [0.05, 0.1) is 19.0 Å². The Morgan fingerprint density at radius 3 is 2.70 bits per heavy atom. The van der Waals surface area contributed by atoms with Crippen LogP contribution in [0.15, 0.2) is 30.6 Å². The molecule has 0 spiro atoms. The zero-order chi connectivity index (χ0) is 14.4. The lowest BCUT2D eigenvalue weighted by Gasteiger charge is -2.09. The van der Waals surface area contributed by atoms with Crippen molar-refractivity contribution in [2.24, 2.45) is 0 Å². The van der Waals surface area contributed by atoms with Crippen molar-refractivity contribution < 1.29 is 9.13 Å². The number of hydrogen-bond acceptors (Lipinski definition) is 5. The first-order valence-electron chi connectivity index (χ1n) is 6.48. The maximum absolute atomic E-state index is 13.7. The molecule has 0 amide bonds. The fraction of sp³-hybridized carbons (Fsp3) is 0.286. The second-order valence-corrected chi connectivity index (χ2v) is 4.02. The van der Waals surface area contributed by atoms with Gasteiger partial charge in [-0.05, 0) is 26.0 Å². The highest BCUT2D eigenvalue weighted by atomic mass is 19.1. The Morgan fingerprint density at radius 2 is 2.00 bits per heavy atom. The normalized spacial score (nSPS) is 10.2. The minimum absolute atomic E-state index is 0.241. The van der Waals surface area contributed by atoms with Gasteiger partial charge in [-0.1, -0.05) is 0 Å². The third kappa shape index (κ3) is 3.57. The van der Waals surface area contributed by atoms with Gasteiger partial charge in [0.2, 0.25) is 0 Å². The van der Waals surface area contributed by atoms with Crippen molar-refractivity contribution in [2.75, 3.05) is 23.8 Å². The van der Waals surface area contributed by atoms with Crippen molar-refractivity contribution in [3.05, 3.63) is 36.4 Å². The molecular formula is C14H17FN4O. The molecule has 0 aliphatic carbocycles. The fourth-order valence-electron chi connectivity index (χ4n) is 1.69. The van der Waals surface area contributed by atoms with E-state index in [4.69, 9.17) is 4.74 Å². The Hall–Kier alpha value is -2.37. The Labute approximate surface area is 117 Å². The molecule has 0 atom stereocenters. The summed E-state index contributed by atoms with van der Waals surface area (Å²) in [6.07, 6.45) is 3.21. The van der Waals surface area contributed by atoms with Crippen LogP contribution in [0.4, 0.5) is 21.7 Å². The van der Waals surface area contributed by atoms with Crippen LogP contribution in [-0.2, 0) is 0 Å². The highest BCUT2D eigenvalue weighted by molar-refractivity contribution is 5.58. The molecule has 0 aliphatic heterocycles. The summed E-state index contributed by atoms with van der Waals surface area (Å²) in [5, 5.41) is 6.07. The van der Waals surface area contributed by atoms with Crippen LogP contribution in [0.25, 0.3) is 0 Å². The Morgan fingerprint density at radius 1 is 1.20 bits per heavy atom. The SMILES string of the molecule is CCNc1cncc(Nc2ccc(OCC)c(F)c2)n1. The lowest BCUT2D eigenvalue weighted by Crippen LogP contribution is -2.02. The molecule has 20 heavy (non-hydrogen) atoms. The van der Waals surface area contributed by atoms with Gasteiger partial charge in [0.1, 0.15) is 5.82 Å². The molecule has 0 unspecified atom stereocenters. The maximum Gasteiger partial charge on any atom is 0.167 e. The van der Waals surface area contributed by atoms with Crippen molar-refractivity contribution in [1.29, 1.82) is 0 Å². The zero-order valence-corrected chi connectivity index (χ0v) is 11.5. The Bertz CT molecular complexity index is 577. The molecule has 5 nitrogen and oxygen atoms in total. The molecular weight excluding hydrogens is 259 g/mol. The predicted octanol–water partition coefficient (Wildman–Crippen LogP) is 3.19. The molecule has 0 saturated heterocycles. The van der Waals surface area contributed by atoms with Crippen molar-refractivity contribution in [3.8, 4) is 5.75 Å². The van der Waals surface area contributed by atoms with Crippen LogP contribution in [0.1, 0.15) is 13.8 Å². The van der Waals surface area contributed by atoms with Crippen LogP contribution in [0.5, 0.6) is 5.75 Å². The quantitative estimate of drug-likeness (QED) is 0.848. The van der Waals surface area contributed by atoms with Gasteiger partial charge in [-0.15, -0.1) is 0 Å². The molecule has 0 saturated carbocycles. The Kier molecular flexibility index (Phi) is 4.70. The molecule has 0 aliphatic rings. The van der Waals surface area contributed by atoms with Crippen molar-refractivity contribution in [1.82, 2.24) is 9.97 Å². The molecule has 0 radical (unpaired) electrons. The van der Waals surface area contributed by atoms with Gasteiger partial charge < -0.3 is 15.4 Å². The van der Waals surface area contributed by atoms with Crippen LogP contribution in [0, 0.1) is 5.82 Å². The lowest BCUT2D eigenvalue weighted by molar-refractivity contribution is 0.321. The molecule has 106 valence electrons. The van der Waals surface area contributed by atoms with E-state index in [0.29, 0.717) is 23.9 Å². The van der Waals surface area contributed by atoms with E-state index in [-0.39, 0.29) is 5.75 Å². The van der Waals surface area contributed by atoms with Crippen LogP contribution in [0.2, 0.25) is 0 Å². The topological polar surface area (TPSA) is 59.1 Å². The van der Waals surface area contributed by atoms with Gasteiger partial charge in [-0.25, -0.2) is 9.37 Å². The second-order valence-electron chi connectivity index (χ2n) is 4.02. The van der Waals surface area contributed by atoms with Gasteiger partial charge in [0, 0.05) is 18.3 Å². The standard InChI is InChI=1S/C14H17FN4O/c1-3-17-13-8-16-9-14(19-13)18-10-5-6-12(20-4-2)11(15)7-10/h5-9H,3-4H2,1-2H3,(H2,17,18,19). The van der Waals surface area contributed by atoms with E-state index in [9.17, 15) is 4.39 Å². The van der Waals surface area contributed by atoms with Gasteiger partial charge in [0.15, 0.2) is 17.4 Å². The number of ether oxygens (including phenoxy) is 1. The summed E-state index contributed by atoms with van der Waals surface area (Å²) in [7, 11) is 0. The number of rotatable bonds is 6.